The maximum atomic E-state index is 2.55. The summed E-state index contributed by atoms with van der Waals surface area (Å²) >= 11 is 1.92. The molecule has 2 aliphatic heterocycles. The molecule has 200 valence electrons. The van der Waals surface area contributed by atoms with Crippen LogP contribution < -0.4 is 4.90 Å². The van der Waals surface area contributed by atoms with Crippen LogP contribution in [-0.4, -0.2) is 5.37 Å². The van der Waals surface area contributed by atoms with Crippen LogP contribution in [0.25, 0.3) is 44.5 Å². The van der Waals surface area contributed by atoms with E-state index >= 15 is 0 Å². The van der Waals surface area contributed by atoms with Gasteiger partial charge in [0, 0.05) is 17.3 Å². The highest BCUT2D eigenvalue weighted by Crippen LogP contribution is 2.53. The molecule has 2 unspecified atom stereocenters. The minimum Gasteiger partial charge on any atom is -0.327 e. The summed E-state index contributed by atoms with van der Waals surface area (Å²) in [5, 5.41) is 2.61. The van der Waals surface area contributed by atoms with E-state index in [9.17, 15) is 0 Å². The lowest BCUT2D eigenvalue weighted by molar-refractivity contribution is 0.847. The van der Waals surface area contributed by atoms with Crippen LogP contribution in [0.1, 0.15) is 11.5 Å². The highest BCUT2D eigenvalue weighted by molar-refractivity contribution is 8.03. The molecule has 2 aliphatic rings. The Hall–Kier alpha value is -4.79. The standard InChI is InChI=1S/C40H29NS/c1-3-9-28(10-4-1)30-15-19-32(20-16-30)34-25-35(33-21-17-31(18-22-33)29-11-5-2-6-12-29)27-36(26-34)41-39-14-8-7-13-37(39)38-23-24-42-40(38)41/h1-27,38,40H. The van der Waals surface area contributed by atoms with Gasteiger partial charge in [0.05, 0.1) is 5.37 Å². The second-order valence-electron chi connectivity index (χ2n) is 11.0. The number of thioether (sulfide) groups is 1. The molecule has 2 heterocycles. The Morgan fingerprint density at radius 3 is 1.43 bits per heavy atom. The van der Waals surface area contributed by atoms with Gasteiger partial charge in [0.25, 0.3) is 0 Å². The highest BCUT2D eigenvalue weighted by atomic mass is 32.2. The molecule has 0 aliphatic carbocycles. The van der Waals surface area contributed by atoms with Gasteiger partial charge in [0.15, 0.2) is 0 Å². The molecule has 0 bridgehead atoms. The van der Waals surface area contributed by atoms with Gasteiger partial charge < -0.3 is 4.90 Å². The minimum atomic E-state index is 0.339. The second kappa shape index (κ2) is 10.6. The molecule has 0 radical (unpaired) electrons. The molecule has 8 rings (SSSR count). The van der Waals surface area contributed by atoms with Gasteiger partial charge in [-0.25, -0.2) is 0 Å². The zero-order chi connectivity index (χ0) is 27.9. The third-order valence-corrected chi connectivity index (χ3v) is 9.56. The van der Waals surface area contributed by atoms with Crippen LogP contribution in [0.2, 0.25) is 0 Å². The predicted molar refractivity (Wildman–Crippen MR) is 180 cm³/mol. The van der Waals surface area contributed by atoms with Crippen LogP contribution >= 0.6 is 11.8 Å². The van der Waals surface area contributed by atoms with E-state index in [2.05, 4.69) is 168 Å². The van der Waals surface area contributed by atoms with Gasteiger partial charge >= 0.3 is 0 Å². The number of para-hydroxylation sites is 1. The van der Waals surface area contributed by atoms with E-state index in [1.807, 2.05) is 11.8 Å². The molecular weight excluding hydrogens is 527 g/mol. The highest BCUT2D eigenvalue weighted by Gasteiger charge is 2.40. The molecule has 0 saturated heterocycles. The Kier molecular flexibility index (Phi) is 6.27. The zero-order valence-corrected chi connectivity index (χ0v) is 23.9. The van der Waals surface area contributed by atoms with Crippen molar-refractivity contribution in [3.05, 3.63) is 169 Å². The largest absolute Gasteiger partial charge is 0.327 e. The van der Waals surface area contributed by atoms with E-state index in [0.29, 0.717) is 11.3 Å². The fourth-order valence-corrected chi connectivity index (χ4v) is 7.52. The maximum Gasteiger partial charge on any atom is 0.0943 e. The molecular formula is C40H29NS. The molecule has 2 heteroatoms. The average Bonchev–Trinajstić information content (AvgIpc) is 3.67. The van der Waals surface area contributed by atoms with Crippen LogP contribution in [0.4, 0.5) is 11.4 Å². The van der Waals surface area contributed by atoms with Crippen LogP contribution in [0, 0.1) is 0 Å². The number of anilines is 2. The summed E-state index contributed by atoms with van der Waals surface area (Å²) in [6.07, 6.45) is 2.36. The Morgan fingerprint density at radius 1 is 0.429 bits per heavy atom. The van der Waals surface area contributed by atoms with Crippen LogP contribution in [-0.2, 0) is 0 Å². The summed E-state index contributed by atoms with van der Waals surface area (Å²) in [4.78, 5) is 2.55. The summed E-state index contributed by atoms with van der Waals surface area (Å²) in [5.41, 5.74) is 13.8. The Labute approximate surface area is 251 Å². The van der Waals surface area contributed by atoms with Gasteiger partial charge in [-0.15, -0.1) is 11.8 Å². The number of benzene rings is 6. The summed E-state index contributed by atoms with van der Waals surface area (Å²) in [5.74, 6) is 0.411. The molecule has 0 amide bonds. The summed E-state index contributed by atoms with van der Waals surface area (Å²) in [6, 6.07) is 55.2. The van der Waals surface area contributed by atoms with E-state index < -0.39 is 0 Å². The van der Waals surface area contributed by atoms with Crippen molar-refractivity contribution in [1.29, 1.82) is 0 Å². The zero-order valence-electron chi connectivity index (χ0n) is 23.1. The molecule has 6 aromatic rings. The molecule has 0 N–H and O–H groups in total. The normalized spacial score (nSPS) is 16.8. The predicted octanol–water partition coefficient (Wildman–Crippen LogP) is 11.2. The summed E-state index contributed by atoms with van der Waals surface area (Å²) < 4.78 is 0. The van der Waals surface area contributed by atoms with Crippen LogP contribution in [0.3, 0.4) is 0 Å². The summed E-state index contributed by atoms with van der Waals surface area (Å²) in [6.45, 7) is 0. The Bertz CT molecular complexity index is 1790. The third kappa shape index (κ3) is 4.45. The van der Waals surface area contributed by atoms with Crippen molar-refractivity contribution in [2.45, 2.75) is 11.3 Å². The van der Waals surface area contributed by atoms with E-state index in [1.165, 1.54) is 61.4 Å². The van der Waals surface area contributed by atoms with E-state index in [-0.39, 0.29) is 0 Å². The first-order valence-electron chi connectivity index (χ1n) is 14.5. The van der Waals surface area contributed by atoms with E-state index in [1.54, 1.807) is 0 Å². The Balaban J connectivity index is 1.24. The third-order valence-electron chi connectivity index (χ3n) is 8.47. The lowest BCUT2D eigenvalue weighted by atomic mass is 9.95. The van der Waals surface area contributed by atoms with Crippen molar-refractivity contribution in [3.8, 4) is 44.5 Å². The lowest BCUT2D eigenvalue weighted by Gasteiger charge is -2.28. The molecule has 0 saturated carbocycles. The van der Waals surface area contributed by atoms with Crippen LogP contribution in [0.5, 0.6) is 0 Å². The lowest BCUT2D eigenvalue weighted by Crippen LogP contribution is -2.24. The molecule has 0 fully saturated rings. The molecule has 1 nitrogen and oxygen atoms in total. The van der Waals surface area contributed by atoms with Crippen molar-refractivity contribution < 1.29 is 0 Å². The second-order valence-corrected chi connectivity index (χ2v) is 12.0. The van der Waals surface area contributed by atoms with Gasteiger partial charge in [-0.05, 0) is 79.7 Å². The quantitative estimate of drug-likeness (QED) is 0.208. The van der Waals surface area contributed by atoms with Gasteiger partial charge in [0.1, 0.15) is 0 Å². The number of hydrogen-bond donors (Lipinski definition) is 0. The fraction of sp³-hybridized carbons (Fsp3) is 0.0500. The maximum absolute atomic E-state index is 2.55. The van der Waals surface area contributed by atoms with Crippen molar-refractivity contribution in [2.24, 2.45) is 0 Å². The first-order chi connectivity index (χ1) is 20.8. The monoisotopic (exact) mass is 555 g/mol. The number of fused-ring (bicyclic) bond motifs is 3. The van der Waals surface area contributed by atoms with Gasteiger partial charge in [0.2, 0.25) is 0 Å². The molecule has 6 aromatic carbocycles. The van der Waals surface area contributed by atoms with Gasteiger partial charge in [-0.2, -0.15) is 0 Å². The fourth-order valence-electron chi connectivity index (χ4n) is 6.34. The Morgan fingerprint density at radius 2 is 0.881 bits per heavy atom. The molecule has 0 aromatic heterocycles. The summed E-state index contributed by atoms with van der Waals surface area (Å²) in [7, 11) is 0. The van der Waals surface area contributed by atoms with E-state index in [4.69, 9.17) is 0 Å². The SMILES string of the molecule is C1=CC2c3ccccc3N(c3cc(-c4ccc(-c5ccccc5)cc4)cc(-c4ccc(-c5ccccc5)cc4)c3)C2S1. The molecule has 2 atom stereocenters. The van der Waals surface area contributed by atoms with E-state index in [0.717, 1.165) is 0 Å². The van der Waals surface area contributed by atoms with Gasteiger partial charge in [-0.3, -0.25) is 0 Å². The van der Waals surface area contributed by atoms with Crippen molar-refractivity contribution in [2.75, 3.05) is 4.90 Å². The van der Waals surface area contributed by atoms with Crippen molar-refractivity contribution in [1.82, 2.24) is 0 Å². The van der Waals surface area contributed by atoms with Gasteiger partial charge in [-0.1, -0.05) is 133 Å². The first kappa shape index (κ1) is 25.0. The van der Waals surface area contributed by atoms with Crippen molar-refractivity contribution >= 4 is 23.1 Å². The number of hydrogen-bond acceptors (Lipinski definition) is 2. The minimum absolute atomic E-state index is 0.339. The first-order valence-corrected chi connectivity index (χ1v) is 15.4. The molecule has 42 heavy (non-hydrogen) atoms. The molecule has 0 spiro atoms. The number of rotatable bonds is 5. The topological polar surface area (TPSA) is 3.24 Å². The van der Waals surface area contributed by atoms with Crippen LogP contribution in [0.15, 0.2) is 163 Å². The smallest absolute Gasteiger partial charge is 0.0943 e. The number of nitrogens with zero attached hydrogens (tertiary/aromatic N) is 1. The average molecular weight is 556 g/mol. The van der Waals surface area contributed by atoms with Crippen molar-refractivity contribution in [3.63, 3.8) is 0 Å².